The van der Waals surface area contributed by atoms with Crippen LogP contribution in [0.2, 0.25) is 0 Å². The Hall–Kier alpha value is -1.70. The van der Waals surface area contributed by atoms with Crippen molar-refractivity contribution in [2.75, 3.05) is 32.7 Å². The number of hydrogen-bond acceptors (Lipinski definition) is 4. The molecule has 7 heteroatoms. The van der Waals surface area contributed by atoms with Gasteiger partial charge in [0.2, 0.25) is 0 Å². The second-order valence-electron chi connectivity index (χ2n) is 7.19. The van der Waals surface area contributed by atoms with E-state index in [4.69, 9.17) is 4.74 Å². The first-order valence-electron chi connectivity index (χ1n) is 9.59. The molecule has 0 bridgehead atoms. The smallest absolute Gasteiger partial charge is 0.274 e. The molecule has 0 N–H and O–H groups in total. The Labute approximate surface area is 168 Å². The van der Waals surface area contributed by atoms with Crippen LogP contribution < -0.4 is 0 Å². The largest absolute Gasteiger partial charge is 0.365 e. The van der Waals surface area contributed by atoms with Crippen molar-refractivity contribution in [1.82, 2.24) is 19.6 Å². The van der Waals surface area contributed by atoms with Crippen LogP contribution in [0.5, 0.6) is 0 Å². The minimum absolute atomic E-state index is 0.0354. The summed E-state index contributed by atoms with van der Waals surface area (Å²) in [5.41, 5.74) is 2.63. The maximum atomic E-state index is 12.9. The molecule has 27 heavy (non-hydrogen) atoms. The highest BCUT2D eigenvalue weighted by Gasteiger charge is 2.27. The van der Waals surface area contributed by atoms with Gasteiger partial charge in [0.25, 0.3) is 5.91 Å². The van der Waals surface area contributed by atoms with Crippen LogP contribution >= 0.6 is 15.9 Å². The van der Waals surface area contributed by atoms with Crippen molar-refractivity contribution in [2.24, 2.45) is 0 Å². The van der Waals surface area contributed by atoms with E-state index < -0.39 is 0 Å². The van der Waals surface area contributed by atoms with E-state index in [2.05, 4.69) is 45.0 Å². The predicted octanol–water partition coefficient (Wildman–Crippen LogP) is 3.08. The zero-order chi connectivity index (χ0) is 18.8. The molecule has 4 rings (SSSR count). The zero-order valence-electron chi connectivity index (χ0n) is 15.6. The van der Waals surface area contributed by atoms with Gasteiger partial charge in [0.1, 0.15) is 6.10 Å². The summed E-state index contributed by atoms with van der Waals surface area (Å²) in [6.07, 6.45) is 1.12. The summed E-state index contributed by atoms with van der Waals surface area (Å²) >= 11 is 3.46. The van der Waals surface area contributed by atoms with E-state index in [-0.39, 0.29) is 12.0 Å². The van der Waals surface area contributed by atoms with E-state index in [1.165, 1.54) is 0 Å². The molecule has 1 atom stereocenters. The van der Waals surface area contributed by atoms with Crippen molar-refractivity contribution in [2.45, 2.75) is 32.6 Å². The first-order chi connectivity index (χ1) is 13.1. The topological polar surface area (TPSA) is 50.6 Å². The van der Waals surface area contributed by atoms with Crippen LogP contribution in [0.3, 0.4) is 0 Å². The van der Waals surface area contributed by atoms with Gasteiger partial charge in [-0.15, -0.1) is 0 Å². The normalized spacial score (nSPS) is 20.5. The molecule has 6 nitrogen and oxygen atoms in total. The van der Waals surface area contributed by atoms with Crippen LogP contribution in [0.1, 0.15) is 41.2 Å². The quantitative estimate of drug-likeness (QED) is 0.744. The third-order valence-electron chi connectivity index (χ3n) is 5.29. The minimum atomic E-state index is -0.0361. The summed E-state index contributed by atoms with van der Waals surface area (Å²) in [6.45, 7) is 7.86. The number of halogens is 1. The lowest BCUT2D eigenvalue weighted by molar-refractivity contribution is -0.00123. The van der Waals surface area contributed by atoms with Gasteiger partial charge in [-0.25, -0.2) is 0 Å². The number of nitrogens with zero attached hydrogens (tertiary/aromatic N) is 4. The number of ether oxygens (including phenoxy) is 1. The van der Waals surface area contributed by atoms with Crippen molar-refractivity contribution in [3.05, 3.63) is 51.8 Å². The van der Waals surface area contributed by atoms with Crippen LogP contribution in [0.15, 0.2) is 34.8 Å². The van der Waals surface area contributed by atoms with Crippen LogP contribution in [0.25, 0.3) is 0 Å². The van der Waals surface area contributed by atoms with Crippen molar-refractivity contribution in [1.29, 1.82) is 0 Å². The second-order valence-corrected chi connectivity index (χ2v) is 8.10. The average molecular weight is 433 g/mol. The first-order valence-corrected chi connectivity index (χ1v) is 10.4. The van der Waals surface area contributed by atoms with Crippen LogP contribution in [0.4, 0.5) is 0 Å². The van der Waals surface area contributed by atoms with Gasteiger partial charge >= 0.3 is 0 Å². The van der Waals surface area contributed by atoms with Gasteiger partial charge in [-0.2, -0.15) is 5.10 Å². The summed E-state index contributed by atoms with van der Waals surface area (Å²) < 4.78 is 8.98. The van der Waals surface area contributed by atoms with Crippen molar-refractivity contribution < 1.29 is 9.53 Å². The number of amides is 1. The Kier molecular flexibility index (Phi) is 5.61. The third kappa shape index (κ3) is 4.10. The molecule has 0 spiro atoms. The van der Waals surface area contributed by atoms with Crippen LogP contribution in [-0.2, 0) is 17.9 Å². The standard InChI is InChI=1S/C20H25BrN4O2/c1-2-7-23-8-10-24(11-9-23)20(26)18-12-17-14-27-19(13-25(17)22-18)15-3-5-16(21)6-4-15/h3-6,12,19H,2,7-11,13-14H2,1H3. The number of rotatable bonds is 4. The van der Waals surface area contributed by atoms with Crippen molar-refractivity contribution in [3.8, 4) is 0 Å². The van der Waals surface area contributed by atoms with Gasteiger partial charge in [-0.05, 0) is 36.7 Å². The number of carbonyl (C=O) groups excluding carboxylic acids is 1. The second kappa shape index (κ2) is 8.12. The number of fused-ring (bicyclic) bond motifs is 1. The van der Waals surface area contributed by atoms with Crippen molar-refractivity contribution in [3.63, 3.8) is 0 Å². The van der Waals surface area contributed by atoms with E-state index in [0.29, 0.717) is 18.8 Å². The fourth-order valence-corrected chi connectivity index (χ4v) is 4.03. The summed E-state index contributed by atoms with van der Waals surface area (Å²) in [4.78, 5) is 17.2. The van der Waals surface area contributed by atoms with E-state index in [0.717, 1.165) is 54.9 Å². The van der Waals surface area contributed by atoms with Gasteiger partial charge in [0.05, 0.1) is 18.8 Å². The molecule has 0 radical (unpaired) electrons. The molecule has 2 aliphatic heterocycles. The Balaban J connectivity index is 1.42. The molecule has 1 unspecified atom stereocenters. The third-order valence-corrected chi connectivity index (χ3v) is 5.82. The molecule has 1 saturated heterocycles. The molecule has 1 fully saturated rings. The van der Waals surface area contributed by atoms with E-state index in [1.807, 2.05) is 27.8 Å². The number of carbonyl (C=O) groups is 1. The molecule has 1 aromatic heterocycles. The molecular weight excluding hydrogens is 408 g/mol. The summed E-state index contributed by atoms with van der Waals surface area (Å²) in [6, 6.07) is 10.0. The van der Waals surface area contributed by atoms with Gasteiger partial charge in [-0.1, -0.05) is 35.0 Å². The van der Waals surface area contributed by atoms with Crippen LogP contribution in [0, 0.1) is 0 Å². The molecule has 1 aromatic carbocycles. The van der Waals surface area contributed by atoms with E-state index >= 15 is 0 Å². The molecule has 2 aliphatic rings. The number of hydrogen-bond donors (Lipinski definition) is 0. The molecule has 2 aromatic rings. The highest BCUT2D eigenvalue weighted by Crippen LogP contribution is 2.27. The number of aromatic nitrogens is 2. The van der Waals surface area contributed by atoms with Gasteiger partial charge in [-0.3, -0.25) is 14.4 Å². The summed E-state index contributed by atoms with van der Waals surface area (Å²) in [7, 11) is 0. The lowest BCUT2D eigenvalue weighted by atomic mass is 10.1. The lowest BCUT2D eigenvalue weighted by Gasteiger charge is -2.34. The Morgan fingerprint density at radius 3 is 2.67 bits per heavy atom. The van der Waals surface area contributed by atoms with Crippen molar-refractivity contribution >= 4 is 21.8 Å². The summed E-state index contributed by atoms with van der Waals surface area (Å²) in [5, 5.41) is 4.60. The molecule has 0 aliphatic carbocycles. The van der Waals surface area contributed by atoms with Crippen LogP contribution in [-0.4, -0.2) is 58.2 Å². The van der Waals surface area contributed by atoms with E-state index in [1.54, 1.807) is 0 Å². The highest BCUT2D eigenvalue weighted by atomic mass is 79.9. The van der Waals surface area contributed by atoms with Gasteiger partial charge in [0.15, 0.2) is 5.69 Å². The fraction of sp³-hybridized carbons (Fsp3) is 0.500. The molecule has 3 heterocycles. The molecule has 1 amide bonds. The molecule has 144 valence electrons. The SMILES string of the molecule is CCCN1CCN(C(=O)c2cc3n(n2)CC(c2ccc(Br)cc2)OC3)CC1. The fourth-order valence-electron chi connectivity index (χ4n) is 3.76. The zero-order valence-corrected chi connectivity index (χ0v) is 17.2. The minimum Gasteiger partial charge on any atom is -0.365 e. The van der Waals surface area contributed by atoms with Gasteiger partial charge < -0.3 is 9.64 Å². The first kappa shape index (κ1) is 18.7. The number of benzene rings is 1. The predicted molar refractivity (Wildman–Crippen MR) is 107 cm³/mol. The summed E-state index contributed by atoms with van der Waals surface area (Å²) in [5.74, 6) is 0.0354. The Morgan fingerprint density at radius 2 is 1.96 bits per heavy atom. The highest BCUT2D eigenvalue weighted by molar-refractivity contribution is 9.10. The Bertz CT molecular complexity index is 797. The lowest BCUT2D eigenvalue weighted by Crippen LogP contribution is -2.48. The Morgan fingerprint density at radius 1 is 1.22 bits per heavy atom. The molecule has 0 saturated carbocycles. The maximum absolute atomic E-state index is 12.9. The molecular formula is C20H25BrN4O2. The maximum Gasteiger partial charge on any atom is 0.274 e. The number of piperazine rings is 1. The van der Waals surface area contributed by atoms with E-state index in [9.17, 15) is 4.79 Å². The average Bonchev–Trinajstić information content (AvgIpc) is 3.12. The monoisotopic (exact) mass is 432 g/mol. The van der Waals surface area contributed by atoms with Gasteiger partial charge in [0, 0.05) is 30.7 Å².